The fourth-order valence-corrected chi connectivity index (χ4v) is 3.57. The number of hydrogen-bond donors (Lipinski definition) is 2. The molecule has 0 saturated carbocycles. The van der Waals surface area contributed by atoms with Crippen LogP contribution in [0.3, 0.4) is 0 Å². The summed E-state index contributed by atoms with van der Waals surface area (Å²) in [6.45, 7) is 7.91. The van der Waals surface area contributed by atoms with E-state index in [1.807, 2.05) is 26.0 Å². The van der Waals surface area contributed by atoms with Crippen molar-refractivity contribution in [3.05, 3.63) is 39.7 Å². The molecule has 7 nitrogen and oxygen atoms in total. The van der Waals surface area contributed by atoms with Crippen LogP contribution >= 0.6 is 11.3 Å². The van der Waals surface area contributed by atoms with Crippen LogP contribution in [-0.2, 0) is 11.3 Å². The average Bonchev–Trinajstić information content (AvgIpc) is 3.23. The Labute approximate surface area is 151 Å². The maximum atomic E-state index is 12.1. The number of aryl methyl sites for hydroxylation is 2. The van der Waals surface area contributed by atoms with Gasteiger partial charge in [0.25, 0.3) is 0 Å². The van der Waals surface area contributed by atoms with Crippen LogP contribution in [0.2, 0.25) is 0 Å². The van der Waals surface area contributed by atoms with Gasteiger partial charge in [-0.2, -0.15) is 0 Å². The predicted octanol–water partition coefficient (Wildman–Crippen LogP) is 2.23. The molecular weight excluding hydrogens is 340 g/mol. The Kier molecular flexibility index (Phi) is 6.06. The minimum absolute atomic E-state index is 0.00833. The minimum atomic E-state index is -0.187. The number of carbonyl (C=O) groups excluding carboxylic acids is 1. The van der Waals surface area contributed by atoms with E-state index in [0.717, 1.165) is 34.5 Å². The summed E-state index contributed by atoms with van der Waals surface area (Å²) < 4.78 is 11.2. The van der Waals surface area contributed by atoms with E-state index in [1.165, 1.54) is 0 Å². The van der Waals surface area contributed by atoms with Gasteiger partial charge in [-0.1, -0.05) is 0 Å². The number of carbonyl (C=O) groups is 1. The summed E-state index contributed by atoms with van der Waals surface area (Å²) in [6, 6.07) is 3.76. The summed E-state index contributed by atoms with van der Waals surface area (Å²) in [6.07, 6.45) is 1.79. The van der Waals surface area contributed by atoms with Crippen LogP contribution in [0.1, 0.15) is 27.4 Å². The Balaban J connectivity index is 1.55. The van der Waals surface area contributed by atoms with E-state index >= 15 is 0 Å². The minimum Gasteiger partial charge on any atom is -0.465 e. The molecule has 3 rings (SSSR count). The number of nitrogens with zero attached hydrogens (tertiary/aromatic N) is 2. The molecule has 1 fully saturated rings. The molecule has 0 spiro atoms. The number of urea groups is 1. The third-order valence-electron chi connectivity index (χ3n) is 4.12. The predicted molar refractivity (Wildman–Crippen MR) is 95.7 cm³/mol. The van der Waals surface area contributed by atoms with Gasteiger partial charge in [-0.05, 0) is 26.0 Å². The fourth-order valence-electron chi connectivity index (χ4n) is 2.84. The molecule has 1 unspecified atom stereocenters. The number of rotatable bonds is 6. The van der Waals surface area contributed by atoms with E-state index in [9.17, 15) is 4.79 Å². The highest BCUT2D eigenvalue weighted by atomic mass is 32.1. The molecule has 136 valence electrons. The SMILES string of the molecule is Cc1ccc(C(CNC(=O)NCc2cnc(C)s2)N2CCOCC2)o1. The largest absolute Gasteiger partial charge is 0.465 e. The normalized spacial score (nSPS) is 16.6. The molecule has 2 aromatic heterocycles. The zero-order valence-corrected chi connectivity index (χ0v) is 15.4. The maximum absolute atomic E-state index is 12.1. The van der Waals surface area contributed by atoms with Gasteiger partial charge in [0.2, 0.25) is 0 Å². The zero-order valence-electron chi connectivity index (χ0n) is 14.6. The van der Waals surface area contributed by atoms with E-state index < -0.39 is 0 Å². The van der Waals surface area contributed by atoms with E-state index in [-0.39, 0.29) is 12.1 Å². The van der Waals surface area contributed by atoms with Crippen molar-refractivity contribution in [2.75, 3.05) is 32.8 Å². The van der Waals surface area contributed by atoms with Gasteiger partial charge < -0.3 is 19.8 Å². The third kappa shape index (κ3) is 5.04. The molecule has 0 aromatic carbocycles. The summed E-state index contributed by atoms with van der Waals surface area (Å²) >= 11 is 1.59. The van der Waals surface area contributed by atoms with Crippen molar-refractivity contribution in [2.45, 2.75) is 26.4 Å². The van der Waals surface area contributed by atoms with Gasteiger partial charge >= 0.3 is 6.03 Å². The standard InChI is InChI=1S/C17H24N4O3S/c1-12-3-4-16(24-12)15(21-5-7-23-8-6-21)11-20-17(22)19-10-14-9-18-13(2)25-14/h3-4,9,15H,5-8,10-11H2,1-2H3,(H2,19,20,22). The van der Waals surface area contributed by atoms with Crippen molar-refractivity contribution < 1.29 is 13.9 Å². The molecule has 3 heterocycles. The van der Waals surface area contributed by atoms with Gasteiger partial charge in [0.1, 0.15) is 11.5 Å². The molecule has 1 atom stereocenters. The second-order valence-corrected chi connectivity index (χ2v) is 7.34. The van der Waals surface area contributed by atoms with Crippen LogP contribution in [0, 0.1) is 13.8 Å². The third-order valence-corrected chi connectivity index (χ3v) is 5.04. The number of morpholine rings is 1. The summed E-state index contributed by atoms with van der Waals surface area (Å²) in [5, 5.41) is 6.83. The molecule has 2 aromatic rings. The summed E-state index contributed by atoms with van der Waals surface area (Å²) in [4.78, 5) is 19.7. The lowest BCUT2D eigenvalue weighted by Crippen LogP contribution is -2.45. The van der Waals surface area contributed by atoms with Crippen molar-refractivity contribution in [1.29, 1.82) is 0 Å². The molecule has 0 aliphatic carbocycles. The molecule has 2 N–H and O–H groups in total. The van der Waals surface area contributed by atoms with Crippen LogP contribution in [0.15, 0.2) is 22.7 Å². The monoisotopic (exact) mass is 364 g/mol. The van der Waals surface area contributed by atoms with Crippen LogP contribution in [0.5, 0.6) is 0 Å². The van der Waals surface area contributed by atoms with E-state index in [2.05, 4.69) is 20.5 Å². The number of nitrogens with one attached hydrogen (secondary N) is 2. The molecule has 0 bridgehead atoms. The van der Waals surface area contributed by atoms with Crippen LogP contribution < -0.4 is 10.6 Å². The Hall–Kier alpha value is -1.90. The first kappa shape index (κ1) is 17.9. The average molecular weight is 364 g/mol. The van der Waals surface area contributed by atoms with Gasteiger partial charge in [-0.25, -0.2) is 9.78 Å². The van der Waals surface area contributed by atoms with Gasteiger partial charge in [-0.3, -0.25) is 4.90 Å². The summed E-state index contributed by atoms with van der Waals surface area (Å²) in [7, 11) is 0. The first-order valence-electron chi connectivity index (χ1n) is 8.43. The number of thiazole rings is 1. The van der Waals surface area contributed by atoms with Crippen molar-refractivity contribution in [3.63, 3.8) is 0 Å². The molecule has 8 heteroatoms. The van der Waals surface area contributed by atoms with Crippen LogP contribution in [0.25, 0.3) is 0 Å². The highest BCUT2D eigenvalue weighted by molar-refractivity contribution is 7.11. The lowest BCUT2D eigenvalue weighted by Gasteiger charge is -2.33. The maximum Gasteiger partial charge on any atom is 0.315 e. The number of ether oxygens (including phenoxy) is 1. The van der Waals surface area contributed by atoms with Gasteiger partial charge in [-0.15, -0.1) is 11.3 Å². The second kappa shape index (κ2) is 8.46. The number of amides is 2. The zero-order chi connectivity index (χ0) is 17.6. The molecule has 2 amide bonds. The van der Waals surface area contributed by atoms with E-state index in [1.54, 1.807) is 17.5 Å². The second-order valence-electron chi connectivity index (χ2n) is 6.02. The van der Waals surface area contributed by atoms with Crippen molar-refractivity contribution in [2.24, 2.45) is 0 Å². The summed E-state index contributed by atoms with van der Waals surface area (Å²) in [5.74, 6) is 1.75. The number of furan rings is 1. The van der Waals surface area contributed by atoms with Crippen molar-refractivity contribution in [3.8, 4) is 0 Å². The van der Waals surface area contributed by atoms with Crippen molar-refractivity contribution >= 4 is 17.4 Å². The molecule has 1 saturated heterocycles. The topological polar surface area (TPSA) is 79.6 Å². The molecular formula is C17H24N4O3S. The lowest BCUT2D eigenvalue weighted by molar-refractivity contribution is 0.0121. The van der Waals surface area contributed by atoms with Gasteiger partial charge in [0, 0.05) is 30.7 Å². The molecule has 25 heavy (non-hydrogen) atoms. The molecule has 1 aliphatic rings. The molecule has 0 radical (unpaired) electrons. The smallest absolute Gasteiger partial charge is 0.315 e. The van der Waals surface area contributed by atoms with Crippen LogP contribution in [-0.4, -0.2) is 48.8 Å². The van der Waals surface area contributed by atoms with Gasteiger partial charge in [0.05, 0.1) is 30.8 Å². The number of hydrogen-bond acceptors (Lipinski definition) is 6. The lowest BCUT2D eigenvalue weighted by atomic mass is 10.1. The van der Waals surface area contributed by atoms with Gasteiger partial charge in [0.15, 0.2) is 0 Å². The van der Waals surface area contributed by atoms with Crippen molar-refractivity contribution in [1.82, 2.24) is 20.5 Å². The highest BCUT2D eigenvalue weighted by Gasteiger charge is 2.25. The van der Waals surface area contributed by atoms with E-state index in [0.29, 0.717) is 26.3 Å². The van der Waals surface area contributed by atoms with Crippen LogP contribution in [0.4, 0.5) is 4.79 Å². The number of aromatic nitrogens is 1. The fraction of sp³-hybridized carbons (Fsp3) is 0.529. The molecule has 1 aliphatic heterocycles. The first-order valence-corrected chi connectivity index (χ1v) is 9.24. The summed E-state index contributed by atoms with van der Waals surface area (Å²) in [5.41, 5.74) is 0. The Bertz CT molecular complexity index is 694. The highest BCUT2D eigenvalue weighted by Crippen LogP contribution is 2.23. The Morgan fingerprint density at radius 2 is 2.12 bits per heavy atom. The quantitative estimate of drug-likeness (QED) is 0.822. The Morgan fingerprint density at radius 3 is 2.76 bits per heavy atom. The van der Waals surface area contributed by atoms with E-state index in [4.69, 9.17) is 9.15 Å². The first-order chi connectivity index (χ1) is 12.1. The Morgan fingerprint density at radius 1 is 1.32 bits per heavy atom.